The van der Waals surface area contributed by atoms with E-state index in [9.17, 15) is 8.78 Å². The van der Waals surface area contributed by atoms with Gasteiger partial charge in [-0.05, 0) is 30.3 Å². The van der Waals surface area contributed by atoms with Crippen LogP contribution in [0.5, 0.6) is 0 Å². The van der Waals surface area contributed by atoms with Crippen LogP contribution >= 0.6 is 0 Å². The van der Waals surface area contributed by atoms with Gasteiger partial charge in [0.05, 0.1) is 11.4 Å². The molecule has 0 spiro atoms. The molecule has 0 amide bonds. The maximum atomic E-state index is 13.9. The van der Waals surface area contributed by atoms with Gasteiger partial charge in [0.1, 0.15) is 11.6 Å². The summed E-state index contributed by atoms with van der Waals surface area (Å²) in [5.74, 6) is -1.28. The van der Waals surface area contributed by atoms with Gasteiger partial charge in [0, 0.05) is 29.6 Å². The predicted octanol–water partition coefficient (Wildman–Crippen LogP) is 4.09. The number of halogens is 2. The fourth-order valence-electron chi connectivity index (χ4n) is 1.99. The van der Waals surface area contributed by atoms with Crippen LogP contribution in [0.25, 0.3) is 22.5 Å². The number of hydrogen-bond donors (Lipinski definition) is 0. The van der Waals surface area contributed by atoms with Crippen LogP contribution in [0.4, 0.5) is 8.78 Å². The number of pyridine rings is 2. The Bertz CT molecular complexity index is 667. The first-order valence-electron chi connectivity index (χ1n) is 6.07. The van der Waals surface area contributed by atoms with Gasteiger partial charge >= 0.3 is 0 Å². The molecule has 2 nitrogen and oxygen atoms in total. The van der Waals surface area contributed by atoms with Gasteiger partial charge in [-0.25, -0.2) is 8.78 Å². The number of benzene rings is 1. The molecule has 0 unspecified atom stereocenters. The monoisotopic (exact) mass is 268 g/mol. The predicted molar refractivity (Wildman–Crippen MR) is 72.8 cm³/mol. The first-order valence-corrected chi connectivity index (χ1v) is 6.07. The Morgan fingerprint density at radius 2 is 1.15 bits per heavy atom. The molecule has 0 saturated heterocycles. The molecule has 4 heteroatoms. The van der Waals surface area contributed by atoms with Crippen molar-refractivity contribution in [2.75, 3.05) is 0 Å². The Balaban J connectivity index is 2.19. The van der Waals surface area contributed by atoms with E-state index in [4.69, 9.17) is 0 Å². The van der Waals surface area contributed by atoms with E-state index in [1.165, 1.54) is 6.07 Å². The van der Waals surface area contributed by atoms with Gasteiger partial charge in [-0.2, -0.15) is 0 Å². The van der Waals surface area contributed by atoms with Crippen molar-refractivity contribution < 1.29 is 8.78 Å². The number of aromatic nitrogens is 2. The van der Waals surface area contributed by atoms with Crippen LogP contribution in [0.3, 0.4) is 0 Å². The SMILES string of the molecule is Fc1cc(F)c(-c2ccccn2)cc1-c1ccccn1. The molecule has 0 fully saturated rings. The fraction of sp³-hybridized carbons (Fsp3) is 0. The van der Waals surface area contributed by atoms with Gasteiger partial charge in [-0.1, -0.05) is 12.1 Å². The van der Waals surface area contributed by atoms with Crippen LogP contribution in [0.15, 0.2) is 60.9 Å². The van der Waals surface area contributed by atoms with Crippen LogP contribution in [-0.2, 0) is 0 Å². The van der Waals surface area contributed by atoms with Gasteiger partial charge in [0.2, 0.25) is 0 Å². The van der Waals surface area contributed by atoms with E-state index >= 15 is 0 Å². The Kier molecular flexibility index (Phi) is 3.21. The minimum atomic E-state index is -0.638. The molecule has 2 aromatic heterocycles. The second-order valence-electron chi connectivity index (χ2n) is 4.24. The van der Waals surface area contributed by atoms with Crippen molar-refractivity contribution in [3.63, 3.8) is 0 Å². The van der Waals surface area contributed by atoms with E-state index in [1.54, 1.807) is 48.8 Å². The second-order valence-corrected chi connectivity index (χ2v) is 4.24. The molecule has 0 atom stereocenters. The van der Waals surface area contributed by atoms with Gasteiger partial charge in [-0.15, -0.1) is 0 Å². The van der Waals surface area contributed by atoms with Crippen LogP contribution in [0.2, 0.25) is 0 Å². The lowest BCUT2D eigenvalue weighted by molar-refractivity contribution is 0.587. The smallest absolute Gasteiger partial charge is 0.135 e. The summed E-state index contributed by atoms with van der Waals surface area (Å²) < 4.78 is 27.9. The lowest BCUT2D eigenvalue weighted by Gasteiger charge is -2.07. The van der Waals surface area contributed by atoms with Gasteiger partial charge in [-0.3, -0.25) is 9.97 Å². The summed E-state index contributed by atoms with van der Waals surface area (Å²) in [6, 6.07) is 12.7. The minimum absolute atomic E-state index is 0.257. The third kappa shape index (κ3) is 2.28. The van der Waals surface area contributed by atoms with Crippen molar-refractivity contribution in [1.29, 1.82) is 0 Å². The summed E-state index contributed by atoms with van der Waals surface area (Å²) in [7, 11) is 0. The fourth-order valence-corrected chi connectivity index (χ4v) is 1.99. The molecule has 98 valence electrons. The van der Waals surface area contributed by atoms with Crippen molar-refractivity contribution in [3.8, 4) is 22.5 Å². The molecule has 0 saturated carbocycles. The first kappa shape index (κ1) is 12.4. The molecule has 0 aliphatic rings. The third-order valence-electron chi connectivity index (χ3n) is 2.94. The Labute approximate surface area is 114 Å². The summed E-state index contributed by atoms with van der Waals surface area (Å²) in [6.07, 6.45) is 3.14. The second kappa shape index (κ2) is 5.17. The molecule has 0 N–H and O–H groups in total. The average molecular weight is 268 g/mol. The van der Waals surface area contributed by atoms with Crippen molar-refractivity contribution in [3.05, 3.63) is 72.6 Å². The van der Waals surface area contributed by atoms with E-state index in [0.29, 0.717) is 11.4 Å². The molecule has 0 aliphatic heterocycles. The standard InChI is InChI=1S/C16H10F2N2/c17-13-10-14(18)12(16-6-2-4-8-20-16)9-11(13)15-5-1-3-7-19-15/h1-10H. The zero-order chi connectivity index (χ0) is 13.9. The molecule has 3 rings (SSSR count). The van der Waals surface area contributed by atoms with Gasteiger partial charge in [0.25, 0.3) is 0 Å². The number of rotatable bonds is 2. The van der Waals surface area contributed by atoms with Crippen LogP contribution in [0.1, 0.15) is 0 Å². The van der Waals surface area contributed by atoms with E-state index in [0.717, 1.165) is 6.07 Å². The molecule has 0 aliphatic carbocycles. The zero-order valence-electron chi connectivity index (χ0n) is 10.4. The third-order valence-corrected chi connectivity index (χ3v) is 2.94. The summed E-state index contributed by atoms with van der Waals surface area (Å²) in [4.78, 5) is 8.18. The molecule has 20 heavy (non-hydrogen) atoms. The van der Waals surface area contributed by atoms with Crippen LogP contribution < -0.4 is 0 Å². The highest BCUT2D eigenvalue weighted by atomic mass is 19.1. The molecule has 1 aromatic carbocycles. The van der Waals surface area contributed by atoms with Crippen LogP contribution in [0, 0.1) is 11.6 Å². The summed E-state index contributed by atoms with van der Waals surface area (Å²) in [5.41, 5.74) is 1.43. The van der Waals surface area contributed by atoms with E-state index in [-0.39, 0.29) is 11.1 Å². The lowest BCUT2D eigenvalue weighted by Crippen LogP contribution is -1.94. The molecule has 2 heterocycles. The Morgan fingerprint density at radius 3 is 1.55 bits per heavy atom. The van der Waals surface area contributed by atoms with E-state index < -0.39 is 11.6 Å². The van der Waals surface area contributed by atoms with E-state index in [1.807, 2.05) is 0 Å². The van der Waals surface area contributed by atoms with Crippen molar-refractivity contribution in [1.82, 2.24) is 9.97 Å². The summed E-state index contributed by atoms with van der Waals surface area (Å²) in [6.45, 7) is 0. The Morgan fingerprint density at radius 1 is 0.650 bits per heavy atom. The molecular weight excluding hydrogens is 258 g/mol. The molecule has 3 aromatic rings. The van der Waals surface area contributed by atoms with Gasteiger partial charge in [0.15, 0.2) is 0 Å². The van der Waals surface area contributed by atoms with Crippen molar-refractivity contribution >= 4 is 0 Å². The number of hydrogen-bond acceptors (Lipinski definition) is 2. The molecular formula is C16H10F2N2. The summed E-state index contributed by atoms with van der Waals surface area (Å²) >= 11 is 0. The van der Waals surface area contributed by atoms with Gasteiger partial charge < -0.3 is 0 Å². The molecule has 0 bridgehead atoms. The highest BCUT2D eigenvalue weighted by Crippen LogP contribution is 2.29. The largest absolute Gasteiger partial charge is 0.256 e. The van der Waals surface area contributed by atoms with Crippen molar-refractivity contribution in [2.24, 2.45) is 0 Å². The normalized spacial score (nSPS) is 10.5. The first-order chi connectivity index (χ1) is 9.75. The summed E-state index contributed by atoms with van der Waals surface area (Å²) in [5, 5.41) is 0. The lowest BCUT2D eigenvalue weighted by atomic mass is 10.0. The number of nitrogens with zero attached hydrogens (tertiary/aromatic N) is 2. The zero-order valence-corrected chi connectivity index (χ0v) is 10.4. The maximum Gasteiger partial charge on any atom is 0.135 e. The highest BCUT2D eigenvalue weighted by Gasteiger charge is 2.14. The van der Waals surface area contributed by atoms with E-state index in [2.05, 4.69) is 9.97 Å². The van der Waals surface area contributed by atoms with Crippen molar-refractivity contribution in [2.45, 2.75) is 0 Å². The minimum Gasteiger partial charge on any atom is -0.256 e. The Hall–Kier alpha value is -2.62. The van der Waals surface area contributed by atoms with Crippen LogP contribution in [-0.4, -0.2) is 9.97 Å². The highest BCUT2D eigenvalue weighted by molar-refractivity contribution is 5.70. The maximum absolute atomic E-state index is 13.9. The molecule has 0 radical (unpaired) electrons. The average Bonchev–Trinajstić information content (AvgIpc) is 2.49. The quantitative estimate of drug-likeness (QED) is 0.699. The topological polar surface area (TPSA) is 25.8 Å².